The molecule has 28 heavy (non-hydrogen) atoms. The first-order valence-electron chi connectivity index (χ1n) is 8.70. The predicted molar refractivity (Wildman–Crippen MR) is 105 cm³/mol. The quantitative estimate of drug-likeness (QED) is 0.440. The first kappa shape index (κ1) is 20.8. The molecule has 0 spiro atoms. The first-order valence-corrected chi connectivity index (χ1v) is 8.70. The van der Waals surface area contributed by atoms with E-state index in [1.54, 1.807) is 38.1 Å². The molecule has 0 aliphatic rings. The molecule has 2 amide bonds. The maximum absolute atomic E-state index is 12.5. The molecule has 0 bridgehead atoms. The highest BCUT2D eigenvalue weighted by Gasteiger charge is 2.21. The summed E-state index contributed by atoms with van der Waals surface area (Å²) in [6.07, 6.45) is 1.33. The van der Waals surface area contributed by atoms with Crippen molar-refractivity contribution < 1.29 is 19.4 Å². The maximum Gasteiger partial charge on any atom is 0.319 e. The average molecular weight is 388 g/mol. The molecular weight excluding hydrogens is 364 g/mol. The van der Waals surface area contributed by atoms with E-state index in [1.807, 2.05) is 0 Å². The van der Waals surface area contributed by atoms with Gasteiger partial charge in [-0.1, -0.05) is 12.1 Å². The molecule has 0 fully saturated rings. The van der Waals surface area contributed by atoms with Crippen molar-refractivity contribution in [3.63, 3.8) is 0 Å². The van der Waals surface area contributed by atoms with Crippen LogP contribution in [0, 0.1) is 6.92 Å². The minimum Gasteiger partial charge on any atom is -0.505 e. The molecular formula is C19H24N4O5. The number of ether oxygens (including phenoxy) is 1. The first-order chi connectivity index (χ1) is 13.2. The number of nitrogens with one attached hydrogen (secondary N) is 2. The predicted octanol–water partition coefficient (Wildman–Crippen LogP) is 1.80. The highest BCUT2D eigenvalue weighted by molar-refractivity contribution is 5.91. The molecule has 0 saturated heterocycles. The van der Waals surface area contributed by atoms with Crippen LogP contribution >= 0.6 is 0 Å². The number of nitrogens with two attached hydrogens (primary N) is 1. The zero-order valence-corrected chi connectivity index (χ0v) is 16.0. The Morgan fingerprint density at radius 2 is 2.07 bits per heavy atom. The van der Waals surface area contributed by atoms with Crippen LogP contribution in [-0.2, 0) is 16.6 Å². The second-order valence-electron chi connectivity index (χ2n) is 6.28. The van der Waals surface area contributed by atoms with Gasteiger partial charge in [-0.25, -0.2) is 4.79 Å². The Labute approximate surface area is 162 Å². The molecule has 9 heteroatoms. The number of carbonyl (C=O) groups is 2. The number of esters is 1. The SMILES string of the molecule is CCOC(=O)C[C@H](NC(=O)Nc1c(O)c(C)cn(C)c1=O)c1cccc(N)c1. The van der Waals surface area contributed by atoms with Crippen LogP contribution in [0.25, 0.3) is 0 Å². The van der Waals surface area contributed by atoms with E-state index in [9.17, 15) is 19.5 Å². The van der Waals surface area contributed by atoms with Crippen molar-refractivity contribution >= 4 is 23.4 Å². The number of nitrogen functional groups attached to an aromatic ring is 1. The summed E-state index contributed by atoms with van der Waals surface area (Å²) in [6, 6.07) is 5.23. The number of hydrogen-bond acceptors (Lipinski definition) is 6. The normalized spacial score (nSPS) is 11.5. The van der Waals surface area contributed by atoms with E-state index in [2.05, 4.69) is 10.6 Å². The van der Waals surface area contributed by atoms with Crippen LogP contribution in [0.2, 0.25) is 0 Å². The Bertz CT molecular complexity index is 938. The summed E-state index contributed by atoms with van der Waals surface area (Å²) in [5, 5.41) is 15.1. The van der Waals surface area contributed by atoms with E-state index in [1.165, 1.54) is 17.8 Å². The molecule has 0 saturated carbocycles. The van der Waals surface area contributed by atoms with Crippen LogP contribution < -0.4 is 21.9 Å². The lowest BCUT2D eigenvalue weighted by atomic mass is 10.0. The maximum atomic E-state index is 12.5. The molecule has 1 heterocycles. The van der Waals surface area contributed by atoms with E-state index in [4.69, 9.17) is 10.5 Å². The molecule has 0 aliphatic heterocycles. The van der Waals surface area contributed by atoms with Crippen molar-refractivity contribution in [2.45, 2.75) is 26.3 Å². The summed E-state index contributed by atoms with van der Waals surface area (Å²) in [5.41, 5.74) is 6.48. The standard InChI is InChI=1S/C19H24N4O5/c1-4-28-15(24)9-14(12-6-5-7-13(20)8-12)21-19(27)22-16-17(25)11(2)10-23(3)18(16)26/h5-8,10,14,25H,4,9,20H2,1-3H3,(H2,21,22,27)/t14-/m0/s1. The molecule has 5 N–H and O–H groups in total. The summed E-state index contributed by atoms with van der Waals surface area (Å²) in [4.78, 5) is 36.6. The molecule has 1 aromatic heterocycles. The Hall–Kier alpha value is -3.49. The van der Waals surface area contributed by atoms with Gasteiger partial charge in [-0.3, -0.25) is 9.59 Å². The Balaban J connectivity index is 2.25. The third-order valence-electron chi connectivity index (χ3n) is 4.06. The number of pyridine rings is 1. The number of carbonyl (C=O) groups excluding carboxylic acids is 2. The van der Waals surface area contributed by atoms with Crippen molar-refractivity contribution in [1.29, 1.82) is 0 Å². The van der Waals surface area contributed by atoms with Crippen LogP contribution in [0.4, 0.5) is 16.2 Å². The van der Waals surface area contributed by atoms with Crippen molar-refractivity contribution in [2.75, 3.05) is 17.7 Å². The third kappa shape index (κ3) is 5.03. The van der Waals surface area contributed by atoms with Gasteiger partial charge in [-0.05, 0) is 31.5 Å². The highest BCUT2D eigenvalue weighted by Crippen LogP contribution is 2.24. The summed E-state index contributed by atoms with van der Waals surface area (Å²) in [5.74, 6) is -0.811. The van der Waals surface area contributed by atoms with E-state index in [0.29, 0.717) is 16.8 Å². The lowest BCUT2D eigenvalue weighted by molar-refractivity contribution is -0.143. The van der Waals surface area contributed by atoms with Crippen LogP contribution in [0.1, 0.15) is 30.5 Å². The van der Waals surface area contributed by atoms with Gasteiger partial charge < -0.3 is 30.8 Å². The topological polar surface area (TPSA) is 136 Å². The minimum atomic E-state index is -0.755. The number of hydrogen-bond donors (Lipinski definition) is 4. The second kappa shape index (κ2) is 8.94. The summed E-state index contributed by atoms with van der Waals surface area (Å²) in [7, 11) is 1.51. The lowest BCUT2D eigenvalue weighted by Crippen LogP contribution is -2.36. The zero-order valence-electron chi connectivity index (χ0n) is 16.0. The fraction of sp³-hybridized carbons (Fsp3) is 0.316. The number of aromatic nitrogens is 1. The number of urea groups is 1. The molecule has 0 aliphatic carbocycles. The molecule has 150 valence electrons. The molecule has 9 nitrogen and oxygen atoms in total. The number of benzene rings is 1. The third-order valence-corrected chi connectivity index (χ3v) is 4.06. The van der Waals surface area contributed by atoms with Gasteiger partial charge in [0.2, 0.25) is 0 Å². The summed E-state index contributed by atoms with van der Waals surface area (Å²) >= 11 is 0. The Morgan fingerprint density at radius 3 is 2.71 bits per heavy atom. The highest BCUT2D eigenvalue weighted by atomic mass is 16.5. The van der Waals surface area contributed by atoms with Crippen LogP contribution in [-0.4, -0.2) is 28.3 Å². The van der Waals surface area contributed by atoms with E-state index >= 15 is 0 Å². The number of aromatic hydroxyl groups is 1. The molecule has 0 unspecified atom stereocenters. The van der Waals surface area contributed by atoms with E-state index in [0.717, 1.165) is 0 Å². The van der Waals surface area contributed by atoms with E-state index < -0.39 is 23.6 Å². The summed E-state index contributed by atoms with van der Waals surface area (Å²) < 4.78 is 6.21. The Kier molecular flexibility index (Phi) is 6.64. The minimum absolute atomic E-state index is 0.122. The smallest absolute Gasteiger partial charge is 0.319 e. The number of amides is 2. The van der Waals surface area contributed by atoms with Crippen LogP contribution in [0.5, 0.6) is 5.75 Å². The molecule has 2 rings (SSSR count). The van der Waals surface area contributed by atoms with Crippen LogP contribution in [0.15, 0.2) is 35.3 Å². The van der Waals surface area contributed by atoms with Crippen molar-refractivity contribution in [1.82, 2.24) is 9.88 Å². The molecule has 2 aromatic rings. The van der Waals surface area contributed by atoms with Gasteiger partial charge in [0.05, 0.1) is 19.1 Å². The summed E-state index contributed by atoms with van der Waals surface area (Å²) in [6.45, 7) is 3.50. The van der Waals surface area contributed by atoms with Gasteiger partial charge in [0, 0.05) is 24.5 Å². The average Bonchev–Trinajstić information content (AvgIpc) is 2.63. The number of aryl methyl sites for hydroxylation is 2. The van der Waals surface area contributed by atoms with Crippen LogP contribution in [0.3, 0.4) is 0 Å². The van der Waals surface area contributed by atoms with Crippen molar-refractivity contribution in [3.05, 3.63) is 51.9 Å². The molecule has 0 radical (unpaired) electrons. The fourth-order valence-corrected chi connectivity index (χ4v) is 2.72. The van der Waals surface area contributed by atoms with Crippen molar-refractivity contribution in [2.24, 2.45) is 7.05 Å². The molecule has 1 atom stereocenters. The van der Waals surface area contributed by atoms with Gasteiger partial charge in [-0.15, -0.1) is 0 Å². The largest absolute Gasteiger partial charge is 0.505 e. The van der Waals surface area contributed by atoms with Gasteiger partial charge in [-0.2, -0.15) is 0 Å². The lowest BCUT2D eigenvalue weighted by Gasteiger charge is -2.20. The fourth-order valence-electron chi connectivity index (χ4n) is 2.72. The number of rotatable bonds is 6. The van der Waals surface area contributed by atoms with Gasteiger partial charge in [0.15, 0.2) is 5.69 Å². The molecule has 1 aromatic carbocycles. The zero-order chi connectivity index (χ0) is 20.8. The van der Waals surface area contributed by atoms with Gasteiger partial charge >= 0.3 is 12.0 Å². The van der Waals surface area contributed by atoms with E-state index in [-0.39, 0.29) is 24.5 Å². The Morgan fingerprint density at radius 1 is 1.36 bits per heavy atom. The monoisotopic (exact) mass is 388 g/mol. The van der Waals surface area contributed by atoms with Crippen molar-refractivity contribution in [3.8, 4) is 5.75 Å². The van der Waals surface area contributed by atoms with Gasteiger partial charge in [0.25, 0.3) is 5.56 Å². The second-order valence-corrected chi connectivity index (χ2v) is 6.28. The van der Waals surface area contributed by atoms with Gasteiger partial charge in [0.1, 0.15) is 5.75 Å². The number of nitrogens with zero attached hydrogens (tertiary/aromatic N) is 1. The number of anilines is 2.